The summed E-state index contributed by atoms with van der Waals surface area (Å²) >= 11 is 7.98. The first-order chi connectivity index (χ1) is 17.0. The molecule has 1 aliphatic heterocycles. The lowest BCUT2D eigenvalue weighted by Crippen LogP contribution is -2.44. The fourth-order valence-corrected chi connectivity index (χ4v) is 5.15. The van der Waals surface area contributed by atoms with Gasteiger partial charge in [-0.25, -0.2) is 4.98 Å². The van der Waals surface area contributed by atoms with Gasteiger partial charge in [-0.1, -0.05) is 23.7 Å². The lowest BCUT2D eigenvalue weighted by atomic mass is 9.97. The molecular formula is C26H28ClN3O4S. The number of amides is 1. The zero-order valence-corrected chi connectivity index (χ0v) is 21.3. The fraction of sp³-hybridized carbons (Fsp3) is 0.346. The van der Waals surface area contributed by atoms with Crippen LogP contribution in [0, 0.1) is 5.92 Å². The Balaban J connectivity index is 1.53. The van der Waals surface area contributed by atoms with Crippen LogP contribution in [0.1, 0.15) is 19.8 Å². The van der Waals surface area contributed by atoms with Crippen molar-refractivity contribution in [2.24, 2.45) is 5.92 Å². The summed E-state index contributed by atoms with van der Waals surface area (Å²) in [5.74, 6) is 0.420. The zero-order valence-electron chi connectivity index (χ0n) is 19.8. The van der Waals surface area contributed by atoms with E-state index in [1.54, 1.807) is 25.0 Å². The second kappa shape index (κ2) is 11.6. The molecule has 0 aliphatic carbocycles. The van der Waals surface area contributed by atoms with Crippen LogP contribution in [-0.2, 0) is 14.3 Å². The van der Waals surface area contributed by atoms with Crippen LogP contribution in [0.2, 0.25) is 5.02 Å². The SMILES string of the molecule is CCOC(=O)C1CCN(C(=O)CN(c2nc(-c3ccc(OC)cc3)cs2)c2ccccc2Cl)CC1. The number of thiazole rings is 1. The number of carbonyl (C=O) groups is 2. The van der Waals surface area contributed by atoms with Gasteiger partial charge in [0.2, 0.25) is 5.91 Å². The Morgan fingerprint density at radius 1 is 1.14 bits per heavy atom. The van der Waals surface area contributed by atoms with Gasteiger partial charge in [-0.15, -0.1) is 11.3 Å². The molecular weight excluding hydrogens is 486 g/mol. The van der Waals surface area contributed by atoms with E-state index in [2.05, 4.69) is 0 Å². The van der Waals surface area contributed by atoms with E-state index in [9.17, 15) is 9.59 Å². The average Bonchev–Trinajstić information content (AvgIpc) is 3.38. The molecule has 7 nitrogen and oxygen atoms in total. The molecule has 0 atom stereocenters. The van der Waals surface area contributed by atoms with E-state index in [1.807, 2.05) is 52.7 Å². The minimum Gasteiger partial charge on any atom is -0.497 e. The Morgan fingerprint density at radius 2 is 1.86 bits per heavy atom. The molecule has 0 N–H and O–H groups in total. The number of halogens is 1. The Morgan fingerprint density at radius 3 is 2.51 bits per heavy atom. The van der Waals surface area contributed by atoms with Crippen molar-refractivity contribution >= 4 is 45.6 Å². The molecule has 0 bridgehead atoms. The number of benzene rings is 2. The first kappa shape index (κ1) is 25.0. The molecule has 1 saturated heterocycles. The molecule has 1 aromatic heterocycles. The van der Waals surface area contributed by atoms with E-state index >= 15 is 0 Å². The maximum Gasteiger partial charge on any atom is 0.309 e. The number of aromatic nitrogens is 1. The van der Waals surface area contributed by atoms with Crippen LogP contribution in [0.3, 0.4) is 0 Å². The third kappa shape index (κ3) is 5.94. The van der Waals surface area contributed by atoms with E-state index in [0.29, 0.717) is 42.7 Å². The maximum absolute atomic E-state index is 13.3. The molecule has 1 amide bonds. The van der Waals surface area contributed by atoms with Gasteiger partial charge in [-0.2, -0.15) is 0 Å². The highest BCUT2D eigenvalue weighted by Crippen LogP contribution is 2.36. The van der Waals surface area contributed by atoms with Crippen molar-refractivity contribution in [3.8, 4) is 17.0 Å². The lowest BCUT2D eigenvalue weighted by molar-refractivity contribution is -0.151. The molecule has 0 spiro atoms. The van der Waals surface area contributed by atoms with Crippen molar-refractivity contribution < 1.29 is 19.1 Å². The maximum atomic E-state index is 13.3. The van der Waals surface area contributed by atoms with Gasteiger partial charge >= 0.3 is 5.97 Å². The lowest BCUT2D eigenvalue weighted by Gasteiger charge is -2.33. The van der Waals surface area contributed by atoms with Gasteiger partial charge in [0.1, 0.15) is 12.3 Å². The zero-order chi connectivity index (χ0) is 24.8. The van der Waals surface area contributed by atoms with Crippen LogP contribution in [-0.4, -0.2) is 55.1 Å². The van der Waals surface area contributed by atoms with Gasteiger partial charge in [0.05, 0.1) is 36.0 Å². The summed E-state index contributed by atoms with van der Waals surface area (Å²) in [4.78, 5) is 33.8. The van der Waals surface area contributed by atoms with E-state index < -0.39 is 0 Å². The van der Waals surface area contributed by atoms with Gasteiger partial charge in [-0.3, -0.25) is 9.59 Å². The number of anilines is 2. The number of carbonyl (C=O) groups excluding carboxylic acids is 2. The minimum atomic E-state index is -0.175. The summed E-state index contributed by atoms with van der Waals surface area (Å²) in [7, 11) is 1.63. The number of methoxy groups -OCH3 is 1. The Bertz CT molecular complexity index is 1160. The highest BCUT2D eigenvalue weighted by molar-refractivity contribution is 7.14. The summed E-state index contributed by atoms with van der Waals surface area (Å²) < 4.78 is 10.4. The molecule has 9 heteroatoms. The van der Waals surface area contributed by atoms with Crippen LogP contribution in [0.15, 0.2) is 53.9 Å². The number of hydrogen-bond donors (Lipinski definition) is 0. The second-order valence-electron chi connectivity index (χ2n) is 8.19. The van der Waals surface area contributed by atoms with Crippen molar-refractivity contribution in [1.82, 2.24) is 9.88 Å². The highest BCUT2D eigenvalue weighted by Gasteiger charge is 2.30. The Labute approximate surface area is 214 Å². The van der Waals surface area contributed by atoms with Crippen LogP contribution in [0.25, 0.3) is 11.3 Å². The summed E-state index contributed by atoms with van der Waals surface area (Å²) in [6.45, 7) is 3.32. The summed E-state index contributed by atoms with van der Waals surface area (Å²) in [6, 6.07) is 15.1. The summed E-state index contributed by atoms with van der Waals surface area (Å²) in [6.07, 6.45) is 1.21. The number of esters is 1. The predicted octanol–water partition coefficient (Wildman–Crippen LogP) is 5.41. The molecule has 184 valence electrons. The minimum absolute atomic E-state index is 0.0339. The second-order valence-corrected chi connectivity index (χ2v) is 9.43. The molecule has 2 heterocycles. The average molecular weight is 514 g/mol. The summed E-state index contributed by atoms with van der Waals surface area (Å²) in [5, 5.41) is 3.19. The number of piperidine rings is 1. The van der Waals surface area contributed by atoms with Gasteiger partial charge in [0.25, 0.3) is 0 Å². The number of ether oxygens (including phenoxy) is 2. The molecule has 4 rings (SSSR count). The monoisotopic (exact) mass is 513 g/mol. The molecule has 0 saturated carbocycles. The highest BCUT2D eigenvalue weighted by atomic mass is 35.5. The van der Waals surface area contributed by atoms with Crippen LogP contribution >= 0.6 is 22.9 Å². The molecule has 1 aliphatic rings. The van der Waals surface area contributed by atoms with Crippen molar-refractivity contribution in [3.05, 3.63) is 58.9 Å². The number of hydrogen-bond acceptors (Lipinski definition) is 7. The normalized spacial score (nSPS) is 14.0. The van der Waals surface area contributed by atoms with Crippen molar-refractivity contribution in [3.63, 3.8) is 0 Å². The van der Waals surface area contributed by atoms with E-state index in [0.717, 1.165) is 22.7 Å². The molecule has 1 fully saturated rings. The van der Waals surface area contributed by atoms with Gasteiger partial charge in [-0.05, 0) is 56.2 Å². The first-order valence-electron chi connectivity index (χ1n) is 11.6. The Kier molecular flexibility index (Phi) is 8.25. The predicted molar refractivity (Wildman–Crippen MR) is 138 cm³/mol. The van der Waals surface area contributed by atoms with Crippen LogP contribution in [0.4, 0.5) is 10.8 Å². The number of nitrogens with zero attached hydrogens (tertiary/aromatic N) is 3. The van der Waals surface area contributed by atoms with Gasteiger partial charge in [0, 0.05) is 24.0 Å². The third-order valence-electron chi connectivity index (χ3n) is 6.01. The van der Waals surface area contributed by atoms with E-state index in [1.165, 1.54) is 11.3 Å². The van der Waals surface area contributed by atoms with Crippen molar-refractivity contribution in [2.45, 2.75) is 19.8 Å². The Hall–Kier alpha value is -3.10. The molecule has 3 aromatic rings. The largest absolute Gasteiger partial charge is 0.497 e. The topological polar surface area (TPSA) is 72.0 Å². The smallest absolute Gasteiger partial charge is 0.309 e. The van der Waals surface area contributed by atoms with Gasteiger partial charge < -0.3 is 19.3 Å². The molecule has 2 aromatic carbocycles. The molecule has 0 radical (unpaired) electrons. The van der Waals surface area contributed by atoms with E-state index in [4.69, 9.17) is 26.1 Å². The van der Waals surface area contributed by atoms with Crippen molar-refractivity contribution in [1.29, 1.82) is 0 Å². The van der Waals surface area contributed by atoms with Crippen LogP contribution < -0.4 is 9.64 Å². The molecule has 35 heavy (non-hydrogen) atoms. The quantitative estimate of drug-likeness (QED) is 0.375. The van der Waals surface area contributed by atoms with Crippen LogP contribution in [0.5, 0.6) is 5.75 Å². The summed E-state index contributed by atoms with van der Waals surface area (Å²) in [5.41, 5.74) is 2.49. The molecule has 0 unspecified atom stereocenters. The van der Waals surface area contributed by atoms with E-state index in [-0.39, 0.29) is 24.3 Å². The van der Waals surface area contributed by atoms with Crippen molar-refractivity contribution in [2.75, 3.05) is 38.3 Å². The first-order valence-corrected chi connectivity index (χ1v) is 12.8. The number of rotatable bonds is 8. The third-order valence-corrected chi connectivity index (χ3v) is 7.20. The standard InChI is InChI=1S/C26H28ClN3O4S/c1-3-34-25(32)19-12-14-29(15-13-19)24(31)16-30(23-7-5-4-6-21(23)27)26-28-22(17-35-26)18-8-10-20(33-2)11-9-18/h4-11,17,19H,3,12-16H2,1-2H3. The van der Waals surface area contributed by atoms with Gasteiger partial charge in [0.15, 0.2) is 5.13 Å². The fourth-order valence-electron chi connectivity index (χ4n) is 4.07. The number of para-hydroxylation sites is 1. The number of likely N-dealkylation sites (tertiary alicyclic amines) is 1.